The number of aryl methyl sites for hydroxylation is 1. The summed E-state index contributed by atoms with van der Waals surface area (Å²) < 4.78 is 10.2. The molecule has 5 heteroatoms. The fourth-order valence-electron chi connectivity index (χ4n) is 2.25. The zero-order chi connectivity index (χ0) is 15.5. The largest absolute Gasteiger partial charge is 0.461 e. The number of rotatable bonds is 4. The van der Waals surface area contributed by atoms with Crippen molar-refractivity contribution in [3.63, 3.8) is 0 Å². The molecule has 3 aromatic rings. The van der Waals surface area contributed by atoms with Crippen molar-refractivity contribution in [1.29, 1.82) is 0 Å². The van der Waals surface area contributed by atoms with Crippen molar-refractivity contribution in [3.05, 3.63) is 59.4 Å². The Balaban J connectivity index is 1.81. The summed E-state index contributed by atoms with van der Waals surface area (Å²) in [5.74, 6) is 0.0261. The van der Waals surface area contributed by atoms with Crippen LogP contribution in [0.3, 0.4) is 0 Å². The van der Waals surface area contributed by atoms with E-state index in [0.29, 0.717) is 18.9 Å². The molecule has 0 fully saturated rings. The van der Waals surface area contributed by atoms with Gasteiger partial charge in [0, 0.05) is 17.5 Å². The molecule has 0 saturated carbocycles. The van der Waals surface area contributed by atoms with Gasteiger partial charge in [-0.05, 0) is 37.6 Å². The van der Waals surface area contributed by atoms with Crippen LogP contribution in [0.15, 0.2) is 41.0 Å². The summed E-state index contributed by atoms with van der Waals surface area (Å²) >= 11 is 0. The Kier molecular flexibility index (Phi) is 3.87. The van der Waals surface area contributed by atoms with Crippen LogP contribution in [-0.4, -0.2) is 22.5 Å². The summed E-state index contributed by atoms with van der Waals surface area (Å²) in [4.78, 5) is 20.2. The highest BCUT2D eigenvalue weighted by Gasteiger charge is 2.13. The maximum absolute atomic E-state index is 11.6. The van der Waals surface area contributed by atoms with E-state index in [2.05, 4.69) is 16.0 Å². The Morgan fingerprint density at radius 2 is 2.09 bits per heavy atom. The average Bonchev–Trinajstić information content (AvgIpc) is 2.96. The molecule has 0 saturated heterocycles. The molecule has 3 rings (SSSR count). The number of hydrogen-bond acceptors (Lipinski definition) is 5. The topological polar surface area (TPSA) is 65.2 Å². The van der Waals surface area contributed by atoms with Gasteiger partial charge < -0.3 is 9.15 Å². The van der Waals surface area contributed by atoms with E-state index in [4.69, 9.17) is 9.15 Å². The smallest absolute Gasteiger partial charge is 0.360 e. The average molecular weight is 296 g/mol. The lowest BCUT2D eigenvalue weighted by Crippen LogP contribution is -2.05. The predicted molar refractivity (Wildman–Crippen MR) is 81.7 cm³/mol. The van der Waals surface area contributed by atoms with Crippen LogP contribution in [0.1, 0.15) is 34.6 Å². The van der Waals surface area contributed by atoms with E-state index in [1.165, 1.54) is 6.26 Å². The van der Waals surface area contributed by atoms with Crippen LogP contribution in [0.4, 0.5) is 0 Å². The van der Waals surface area contributed by atoms with E-state index >= 15 is 0 Å². The molecule has 0 radical (unpaired) electrons. The third-order valence-corrected chi connectivity index (χ3v) is 3.28. The van der Waals surface area contributed by atoms with Crippen LogP contribution in [-0.2, 0) is 11.2 Å². The first-order valence-corrected chi connectivity index (χ1v) is 7.13. The van der Waals surface area contributed by atoms with Crippen LogP contribution in [0, 0.1) is 6.92 Å². The van der Waals surface area contributed by atoms with Gasteiger partial charge in [0.1, 0.15) is 6.26 Å². The van der Waals surface area contributed by atoms with Crippen LogP contribution in [0.25, 0.3) is 10.9 Å². The zero-order valence-electron chi connectivity index (χ0n) is 12.5. The summed E-state index contributed by atoms with van der Waals surface area (Å²) in [5, 5.41) is 1.07. The molecule has 0 aliphatic carbocycles. The number of carbonyl (C=O) groups excluding carboxylic acids is 1. The van der Waals surface area contributed by atoms with Gasteiger partial charge in [-0.3, -0.25) is 4.98 Å². The van der Waals surface area contributed by atoms with Gasteiger partial charge in [0.15, 0.2) is 11.6 Å². The third kappa shape index (κ3) is 2.98. The van der Waals surface area contributed by atoms with Gasteiger partial charge in [0.05, 0.1) is 12.1 Å². The maximum Gasteiger partial charge on any atom is 0.360 e. The Labute approximate surface area is 128 Å². The van der Waals surface area contributed by atoms with Gasteiger partial charge in [-0.1, -0.05) is 12.1 Å². The highest BCUT2D eigenvalue weighted by atomic mass is 16.5. The summed E-state index contributed by atoms with van der Waals surface area (Å²) in [5.41, 5.74) is 3.21. The number of benzene rings is 1. The number of hydrogen-bond donors (Lipinski definition) is 0. The van der Waals surface area contributed by atoms with E-state index in [-0.39, 0.29) is 5.69 Å². The molecule has 0 aliphatic rings. The lowest BCUT2D eigenvalue weighted by Gasteiger charge is -2.02. The Morgan fingerprint density at radius 3 is 2.91 bits per heavy atom. The molecule has 1 aromatic carbocycles. The van der Waals surface area contributed by atoms with E-state index < -0.39 is 5.97 Å². The molecule has 2 heterocycles. The molecule has 0 unspecified atom stereocenters. The Hall–Kier alpha value is -2.69. The first-order valence-electron chi connectivity index (χ1n) is 7.13. The highest BCUT2D eigenvalue weighted by molar-refractivity contribution is 5.86. The zero-order valence-corrected chi connectivity index (χ0v) is 12.5. The molecule has 0 bridgehead atoms. The molecule has 112 valence electrons. The normalized spacial score (nSPS) is 10.8. The minimum absolute atomic E-state index is 0.204. The molecule has 0 spiro atoms. The van der Waals surface area contributed by atoms with Gasteiger partial charge >= 0.3 is 5.97 Å². The van der Waals surface area contributed by atoms with Crippen LogP contribution >= 0.6 is 0 Å². The van der Waals surface area contributed by atoms with Gasteiger partial charge in [0.2, 0.25) is 0 Å². The molecule has 2 aromatic heterocycles. The number of fused-ring (bicyclic) bond motifs is 1. The highest BCUT2D eigenvalue weighted by Crippen LogP contribution is 2.17. The number of pyridine rings is 1. The summed E-state index contributed by atoms with van der Waals surface area (Å²) in [6, 6.07) is 10.0. The van der Waals surface area contributed by atoms with Gasteiger partial charge in [-0.15, -0.1) is 0 Å². The molecule has 5 nitrogen and oxygen atoms in total. The number of carbonyl (C=O) groups is 1. The number of aromatic nitrogens is 2. The number of oxazole rings is 1. The van der Waals surface area contributed by atoms with Crippen LogP contribution < -0.4 is 0 Å². The summed E-state index contributed by atoms with van der Waals surface area (Å²) in [7, 11) is 0. The van der Waals surface area contributed by atoms with E-state index in [9.17, 15) is 4.79 Å². The first kappa shape index (κ1) is 14.3. The summed E-state index contributed by atoms with van der Waals surface area (Å²) in [6.07, 6.45) is 1.85. The molecule has 0 aliphatic heterocycles. The van der Waals surface area contributed by atoms with Crippen molar-refractivity contribution in [3.8, 4) is 0 Å². The van der Waals surface area contributed by atoms with Gasteiger partial charge in [0.25, 0.3) is 0 Å². The minimum Gasteiger partial charge on any atom is -0.461 e. The standard InChI is InChI=1S/C17H16N2O3/c1-3-21-17(20)15-10-22-16(19-15)9-12-5-7-14-13(8-12)6-4-11(2)18-14/h4-8,10H,3,9H2,1-2H3. The van der Waals surface area contributed by atoms with Crippen molar-refractivity contribution in [1.82, 2.24) is 9.97 Å². The molecule has 22 heavy (non-hydrogen) atoms. The van der Waals surface area contributed by atoms with Crippen molar-refractivity contribution < 1.29 is 13.9 Å². The van der Waals surface area contributed by atoms with Crippen molar-refractivity contribution in [2.24, 2.45) is 0 Å². The number of nitrogens with zero attached hydrogens (tertiary/aromatic N) is 2. The quantitative estimate of drug-likeness (QED) is 0.691. The monoisotopic (exact) mass is 296 g/mol. The fourth-order valence-corrected chi connectivity index (χ4v) is 2.25. The lowest BCUT2D eigenvalue weighted by atomic mass is 10.1. The van der Waals surface area contributed by atoms with Crippen molar-refractivity contribution in [2.45, 2.75) is 20.3 Å². The Morgan fingerprint density at radius 1 is 1.23 bits per heavy atom. The molecule has 0 amide bonds. The fraction of sp³-hybridized carbons (Fsp3) is 0.235. The lowest BCUT2D eigenvalue weighted by molar-refractivity contribution is 0.0519. The molecule has 0 N–H and O–H groups in total. The SMILES string of the molecule is CCOC(=O)c1coc(Cc2ccc3nc(C)ccc3c2)n1. The van der Waals surface area contributed by atoms with Crippen molar-refractivity contribution >= 4 is 16.9 Å². The second kappa shape index (κ2) is 5.97. The minimum atomic E-state index is -0.462. The number of esters is 1. The van der Waals surface area contributed by atoms with E-state index in [1.54, 1.807) is 6.92 Å². The number of ether oxygens (including phenoxy) is 1. The summed E-state index contributed by atoms with van der Waals surface area (Å²) in [6.45, 7) is 4.04. The van der Waals surface area contributed by atoms with Crippen molar-refractivity contribution in [2.75, 3.05) is 6.61 Å². The first-order chi connectivity index (χ1) is 10.7. The molecular weight excluding hydrogens is 280 g/mol. The van der Waals surface area contributed by atoms with Crippen LogP contribution in [0.2, 0.25) is 0 Å². The van der Waals surface area contributed by atoms with Gasteiger partial charge in [-0.2, -0.15) is 0 Å². The third-order valence-electron chi connectivity index (χ3n) is 3.28. The second-order valence-electron chi connectivity index (χ2n) is 5.00. The molecule has 0 atom stereocenters. The predicted octanol–water partition coefficient (Wildman–Crippen LogP) is 3.30. The maximum atomic E-state index is 11.6. The second-order valence-corrected chi connectivity index (χ2v) is 5.00. The Bertz CT molecular complexity index is 824. The van der Waals surface area contributed by atoms with E-state index in [0.717, 1.165) is 22.2 Å². The van der Waals surface area contributed by atoms with E-state index in [1.807, 2.05) is 31.2 Å². The molecular formula is C17H16N2O3. The van der Waals surface area contributed by atoms with Crippen LogP contribution in [0.5, 0.6) is 0 Å². The van der Waals surface area contributed by atoms with Gasteiger partial charge in [-0.25, -0.2) is 9.78 Å².